The standard InChI is InChI=1S/C15H14F3N3O4/c16-15(17,18)25-12-5-3-10(4-6-12)1-2-11-7-20-8-13(21(22)23)19-14(20)24-9-11/h3-6,8,11H,1-2,7,9H2/t11-/m0/s1. The van der Waals surface area contributed by atoms with Crippen LogP contribution in [0.5, 0.6) is 11.8 Å². The highest BCUT2D eigenvalue weighted by atomic mass is 19.4. The number of ether oxygens (including phenoxy) is 2. The summed E-state index contributed by atoms with van der Waals surface area (Å²) in [6.07, 6.45) is -1.99. The van der Waals surface area contributed by atoms with Crippen LogP contribution in [0.15, 0.2) is 30.5 Å². The molecule has 0 saturated carbocycles. The Bertz CT molecular complexity index is 758. The van der Waals surface area contributed by atoms with Gasteiger partial charge in [-0.3, -0.25) is 4.57 Å². The molecule has 0 fully saturated rings. The van der Waals surface area contributed by atoms with Crippen molar-refractivity contribution >= 4 is 5.82 Å². The Kier molecular flexibility index (Phi) is 4.51. The van der Waals surface area contributed by atoms with Crippen molar-refractivity contribution in [2.75, 3.05) is 6.61 Å². The van der Waals surface area contributed by atoms with Crippen LogP contribution in [-0.4, -0.2) is 27.4 Å². The molecule has 0 aliphatic carbocycles. The van der Waals surface area contributed by atoms with Crippen molar-refractivity contribution < 1.29 is 27.6 Å². The van der Waals surface area contributed by atoms with E-state index < -0.39 is 11.3 Å². The van der Waals surface area contributed by atoms with E-state index in [-0.39, 0.29) is 23.5 Å². The second-order valence-corrected chi connectivity index (χ2v) is 5.70. The summed E-state index contributed by atoms with van der Waals surface area (Å²) in [6, 6.07) is 5.95. The van der Waals surface area contributed by atoms with Gasteiger partial charge >= 0.3 is 18.2 Å². The van der Waals surface area contributed by atoms with Crippen LogP contribution in [0.4, 0.5) is 19.0 Å². The predicted molar refractivity (Wildman–Crippen MR) is 79.3 cm³/mol. The van der Waals surface area contributed by atoms with E-state index in [4.69, 9.17) is 4.74 Å². The van der Waals surface area contributed by atoms with Crippen molar-refractivity contribution in [2.45, 2.75) is 25.7 Å². The van der Waals surface area contributed by atoms with Crippen LogP contribution < -0.4 is 9.47 Å². The molecular weight excluding hydrogens is 343 g/mol. The summed E-state index contributed by atoms with van der Waals surface area (Å²) in [4.78, 5) is 13.9. The fraction of sp³-hybridized carbons (Fsp3) is 0.400. The topological polar surface area (TPSA) is 79.4 Å². The van der Waals surface area contributed by atoms with Gasteiger partial charge in [0.25, 0.3) is 0 Å². The molecule has 25 heavy (non-hydrogen) atoms. The number of aryl methyl sites for hydroxylation is 1. The van der Waals surface area contributed by atoms with Crippen molar-refractivity contribution in [3.63, 3.8) is 0 Å². The highest BCUT2D eigenvalue weighted by Gasteiger charge is 2.31. The highest BCUT2D eigenvalue weighted by molar-refractivity contribution is 5.27. The van der Waals surface area contributed by atoms with Crippen LogP contribution in [0, 0.1) is 16.0 Å². The van der Waals surface area contributed by atoms with Crippen molar-refractivity contribution in [1.29, 1.82) is 0 Å². The third-order valence-corrected chi connectivity index (χ3v) is 3.82. The highest BCUT2D eigenvalue weighted by Crippen LogP contribution is 2.27. The molecule has 134 valence electrons. The normalized spacial score (nSPS) is 16.8. The second kappa shape index (κ2) is 6.61. The van der Waals surface area contributed by atoms with E-state index in [2.05, 4.69) is 9.72 Å². The van der Waals surface area contributed by atoms with Crippen molar-refractivity contribution in [2.24, 2.45) is 5.92 Å². The summed E-state index contributed by atoms with van der Waals surface area (Å²) in [5, 5.41) is 10.7. The molecule has 3 rings (SSSR count). The molecule has 0 bridgehead atoms. The average Bonchev–Trinajstić information content (AvgIpc) is 2.96. The number of halogens is 3. The molecule has 1 aromatic carbocycles. The predicted octanol–water partition coefficient (Wildman–Crippen LogP) is 3.33. The van der Waals surface area contributed by atoms with Gasteiger partial charge in [-0.1, -0.05) is 12.1 Å². The lowest BCUT2D eigenvalue weighted by atomic mass is 9.99. The molecule has 0 N–H and O–H groups in total. The van der Waals surface area contributed by atoms with Gasteiger partial charge in [-0.25, -0.2) is 0 Å². The molecule has 1 aliphatic rings. The molecule has 0 saturated heterocycles. The lowest BCUT2D eigenvalue weighted by Gasteiger charge is -2.21. The number of imidazole rings is 1. The molecule has 2 aromatic rings. The lowest BCUT2D eigenvalue weighted by Crippen LogP contribution is -2.25. The fourth-order valence-corrected chi connectivity index (χ4v) is 2.65. The molecule has 0 spiro atoms. The summed E-state index contributed by atoms with van der Waals surface area (Å²) in [7, 11) is 0. The summed E-state index contributed by atoms with van der Waals surface area (Å²) in [5.41, 5.74) is 0.872. The van der Waals surface area contributed by atoms with Gasteiger partial charge in [0.1, 0.15) is 11.9 Å². The molecule has 1 aliphatic heterocycles. The van der Waals surface area contributed by atoms with Gasteiger partial charge in [0, 0.05) is 17.4 Å². The summed E-state index contributed by atoms with van der Waals surface area (Å²) < 4.78 is 47.2. The number of aromatic nitrogens is 2. The van der Waals surface area contributed by atoms with Crippen molar-refractivity contribution in [3.8, 4) is 11.8 Å². The zero-order valence-electron chi connectivity index (χ0n) is 12.9. The van der Waals surface area contributed by atoms with Crippen LogP contribution in [0.1, 0.15) is 12.0 Å². The van der Waals surface area contributed by atoms with Gasteiger partial charge in [-0.05, 0) is 35.5 Å². The van der Waals surface area contributed by atoms with Crippen LogP contribution in [0.25, 0.3) is 0 Å². The zero-order chi connectivity index (χ0) is 18.0. The Balaban J connectivity index is 1.54. The third kappa shape index (κ3) is 4.40. The van der Waals surface area contributed by atoms with Gasteiger partial charge in [-0.2, -0.15) is 0 Å². The van der Waals surface area contributed by atoms with E-state index in [0.29, 0.717) is 19.6 Å². The van der Waals surface area contributed by atoms with Crippen LogP contribution in [0.3, 0.4) is 0 Å². The number of alkyl halides is 3. The Hall–Kier alpha value is -2.78. The zero-order valence-corrected chi connectivity index (χ0v) is 12.9. The van der Waals surface area contributed by atoms with Crippen LogP contribution >= 0.6 is 0 Å². The Morgan fingerprint density at radius 2 is 2.08 bits per heavy atom. The SMILES string of the molecule is O=[N+]([O-])c1cn2c(n1)OC[C@@H](CCc1ccc(OC(F)(F)F)cc1)C2. The lowest BCUT2D eigenvalue weighted by molar-refractivity contribution is -0.389. The first-order valence-corrected chi connectivity index (χ1v) is 7.49. The summed E-state index contributed by atoms with van der Waals surface area (Å²) in [6.45, 7) is 0.939. The molecule has 0 unspecified atom stereocenters. The molecule has 7 nitrogen and oxygen atoms in total. The first-order chi connectivity index (χ1) is 11.8. The van der Waals surface area contributed by atoms with Gasteiger partial charge < -0.3 is 19.6 Å². The first kappa shape index (κ1) is 17.1. The molecule has 0 amide bonds. The summed E-state index contributed by atoms with van der Waals surface area (Å²) >= 11 is 0. The molecular formula is C15H14F3N3O4. The third-order valence-electron chi connectivity index (χ3n) is 3.82. The fourth-order valence-electron chi connectivity index (χ4n) is 2.65. The van der Waals surface area contributed by atoms with Crippen LogP contribution in [-0.2, 0) is 13.0 Å². The van der Waals surface area contributed by atoms with Gasteiger partial charge in [0.05, 0.1) is 6.61 Å². The minimum absolute atomic E-state index is 0.132. The minimum atomic E-state index is -4.70. The minimum Gasteiger partial charge on any atom is -0.445 e. The van der Waals surface area contributed by atoms with E-state index in [0.717, 1.165) is 12.0 Å². The quantitative estimate of drug-likeness (QED) is 0.606. The van der Waals surface area contributed by atoms with E-state index in [1.807, 2.05) is 0 Å². The molecule has 2 heterocycles. The first-order valence-electron chi connectivity index (χ1n) is 7.49. The number of hydrogen-bond donors (Lipinski definition) is 0. The number of fused-ring (bicyclic) bond motifs is 1. The van der Waals surface area contributed by atoms with Crippen molar-refractivity contribution in [3.05, 3.63) is 46.1 Å². The maximum atomic E-state index is 12.1. The van der Waals surface area contributed by atoms with E-state index in [9.17, 15) is 23.3 Å². The van der Waals surface area contributed by atoms with Gasteiger partial charge in [0.2, 0.25) is 0 Å². The average molecular weight is 357 g/mol. The Morgan fingerprint density at radius 1 is 1.36 bits per heavy atom. The maximum Gasteiger partial charge on any atom is 0.573 e. The van der Waals surface area contributed by atoms with Gasteiger partial charge in [-0.15, -0.1) is 13.2 Å². The number of nitrogens with zero attached hydrogens (tertiary/aromatic N) is 3. The van der Waals surface area contributed by atoms with Crippen LogP contribution in [0.2, 0.25) is 0 Å². The van der Waals surface area contributed by atoms with E-state index in [1.54, 1.807) is 16.7 Å². The largest absolute Gasteiger partial charge is 0.573 e. The molecule has 1 aromatic heterocycles. The maximum absolute atomic E-state index is 12.1. The smallest absolute Gasteiger partial charge is 0.445 e. The number of nitro groups is 1. The Morgan fingerprint density at radius 3 is 2.72 bits per heavy atom. The molecule has 10 heteroatoms. The van der Waals surface area contributed by atoms with Gasteiger partial charge in [0.15, 0.2) is 0 Å². The van der Waals surface area contributed by atoms with Crippen molar-refractivity contribution in [1.82, 2.24) is 9.55 Å². The molecule has 1 atom stereocenters. The monoisotopic (exact) mass is 357 g/mol. The molecule has 0 radical (unpaired) electrons. The summed E-state index contributed by atoms with van der Waals surface area (Å²) in [5.74, 6) is -0.379. The van der Waals surface area contributed by atoms with E-state index in [1.165, 1.54) is 18.3 Å². The van der Waals surface area contributed by atoms with E-state index >= 15 is 0 Å². The number of hydrogen-bond acceptors (Lipinski definition) is 5. The number of rotatable bonds is 5. The second-order valence-electron chi connectivity index (χ2n) is 5.70. The number of benzene rings is 1. The Labute approximate surface area is 140 Å².